The number of aromatic nitrogens is 3. The number of hydrogen-bond donors (Lipinski definition) is 0. The summed E-state index contributed by atoms with van der Waals surface area (Å²) >= 11 is 3.04. The van der Waals surface area contributed by atoms with Crippen molar-refractivity contribution in [3.63, 3.8) is 0 Å². The molecule has 0 unspecified atom stereocenters. The Hall–Kier alpha value is -2.37. The van der Waals surface area contributed by atoms with Crippen molar-refractivity contribution in [1.29, 1.82) is 0 Å². The molecule has 0 saturated carbocycles. The van der Waals surface area contributed by atoms with E-state index in [9.17, 15) is 31.1 Å². The average molecular weight is 469 g/mol. The molecule has 3 rings (SSSR count). The summed E-state index contributed by atoms with van der Waals surface area (Å²) in [6.07, 6.45) is -2.56. The van der Waals surface area contributed by atoms with Gasteiger partial charge in [0.2, 0.25) is 5.91 Å². The number of carbonyl (C=O) groups is 1. The van der Waals surface area contributed by atoms with E-state index in [1.807, 2.05) is 0 Å². The summed E-state index contributed by atoms with van der Waals surface area (Å²) in [5.74, 6) is -3.73. The van der Waals surface area contributed by atoms with Crippen molar-refractivity contribution in [2.75, 3.05) is 13.1 Å². The third-order valence-electron chi connectivity index (χ3n) is 3.84. The third kappa shape index (κ3) is 4.37. The summed E-state index contributed by atoms with van der Waals surface area (Å²) in [6.45, 7) is -2.49. The molecule has 12 heteroatoms. The van der Waals surface area contributed by atoms with Gasteiger partial charge >= 0.3 is 6.18 Å². The molecule has 1 aromatic heterocycles. The zero-order chi connectivity index (χ0) is 20.7. The highest BCUT2D eigenvalue weighted by Gasteiger charge is 2.45. The van der Waals surface area contributed by atoms with Gasteiger partial charge in [0.1, 0.15) is 17.6 Å². The second-order valence-electron chi connectivity index (χ2n) is 6.08. The number of nitrogens with zero attached hydrogens (tertiary/aromatic N) is 4. The maximum atomic E-state index is 13.0. The lowest BCUT2D eigenvalue weighted by Gasteiger charge is -2.37. The van der Waals surface area contributed by atoms with Crippen LogP contribution in [0.1, 0.15) is 11.1 Å². The van der Waals surface area contributed by atoms with E-state index < -0.39 is 43.3 Å². The summed E-state index contributed by atoms with van der Waals surface area (Å²) < 4.78 is 78.5. The maximum absolute atomic E-state index is 13.0. The normalized spacial score (nSPS) is 16.8. The molecular formula is C16H11BrF6N4O. The van der Waals surface area contributed by atoms with Crippen molar-refractivity contribution in [2.24, 2.45) is 0 Å². The van der Waals surface area contributed by atoms with Gasteiger partial charge in [0.15, 0.2) is 5.82 Å². The molecule has 0 aliphatic carbocycles. The van der Waals surface area contributed by atoms with Gasteiger partial charge in [0.05, 0.1) is 18.7 Å². The monoisotopic (exact) mass is 468 g/mol. The lowest BCUT2D eigenvalue weighted by Crippen LogP contribution is -2.58. The van der Waals surface area contributed by atoms with Crippen LogP contribution >= 0.6 is 15.9 Å². The predicted molar refractivity (Wildman–Crippen MR) is 90.0 cm³/mol. The van der Waals surface area contributed by atoms with Crippen LogP contribution in [0, 0.1) is 0 Å². The number of alkyl halides is 6. The first kappa shape index (κ1) is 20.4. The first-order valence-electron chi connectivity index (χ1n) is 7.72. The van der Waals surface area contributed by atoms with E-state index in [0.29, 0.717) is 6.07 Å². The first-order valence-corrected chi connectivity index (χ1v) is 8.51. The zero-order valence-corrected chi connectivity index (χ0v) is 15.4. The molecule has 1 saturated heterocycles. The first-order chi connectivity index (χ1) is 13.0. The van der Waals surface area contributed by atoms with Crippen molar-refractivity contribution in [3.8, 4) is 11.4 Å². The molecule has 150 valence electrons. The number of benzene rings is 1. The summed E-state index contributed by atoms with van der Waals surface area (Å²) in [5, 5.41) is 3.95. The molecule has 1 fully saturated rings. The molecule has 2 aromatic rings. The van der Waals surface area contributed by atoms with E-state index in [-0.39, 0.29) is 21.6 Å². The van der Waals surface area contributed by atoms with Crippen molar-refractivity contribution < 1.29 is 31.1 Å². The van der Waals surface area contributed by atoms with E-state index in [0.717, 1.165) is 28.1 Å². The molecule has 1 aliphatic heterocycles. The van der Waals surface area contributed by atoms with Gasteiger partial charge in [-0.1, -0.05) is 0 Å². The second kappa shape index (κ2) is 7.22. The van der Waals surface area contributed by atoms with Crippen molar-refractivity contribution in [3.05, 3.63) is 41.7 Å². The van der Waals surface area contributed by atoms with E-state index in [4.69, 9.17) is 0 Å². The minimum atomic E-state index is -4.67. The van der Waals surface area contributed by atoms with Crippen LogP contribution in [0.2, 0.25) is 0 Å². The SMILES string of the molecule is O=C(/C=C(/Br)n1cnc(-c2cc(CF)cc(C(F)(F)F)c2)n1)N1CC(F)(F)C1. The zero-order valence-electron chi connectivity index (χ0n) is 13.9. The Kier molecular flexibility index (Phi) is 5.26. The predicted octanol–water partition coefficient (Wildman–Crippen LogP) is 4.10. The van der Waals surface area contributed by atoms with Crippen LogP contribution in [0.15, 0.2) is 30.6 Å². The Bertz CT molecular complexity index is 931. The number of carbonyl (C=O) groups excluding carboxylic acids is 1. The molecule has 1 aromatic carbocycles. The van der Waals surface area contributed by atoms with Gasteiger partial charge in [-0.3, -0.25) is 4.79 Å². The summed E-state index contributed by atoms with van der Waals surface area (Å²) in [4.78, 5) is 16.6. The van der Waals surface area contributed by atoms with Crippen LogP contribution < -0.4 is 0 Å². The minimum absolute atomic E-state index is 0.0455. The minimum Gasteiger partial charge on any atom is -0.327 e. The van der Waals surface area contributed by atoms with Crippen LogP contribution in [0.5, 0.6) is 0 Å². The van der Waals surface area contributed by atoms with Crippen LogP contribution in [-0.2, 0) is 17.6 Å². The van der Waals surface area contributed by atoms with Crippen LogP contribution in [0.4, 0.5) is 26.3 Å². The molecule has 1 amide bonds. The quantitative estimate of drug-likeness (QED) is 0.501. The van der Waals surface area contributed by atoms with E-state index in [2.05, 4.69) is 26.0 Å². The van der Waals surface area contributed by atoms with Crippen LogP contribution in [0.3, 0.4) is 0 Å². The molecule has 2 heterocycles. The summed E-state index contributed by atoms with van der Waals surface area (Å²) in [7, 11) is 0. The standard InChI is InChI=1S/C16H11BrF6N4O/c17-12(4-13(28)26-6-15(19,20)7-26)27-8-24-14(25-27)10-1-9(5-18)2-11(3-10)16(21,22)23/h1-4,8H,5-7H2/b12-4-. The fraction of sp³-hybridized carbons (Fsp3) is 0.312. The molecular weight excluding hydrogens is 458 g/mol. The van der Waals surface area contributed by atoms with Crippen molar-refractivity contribution in [2.45, 2.75) is 18.8 Å². The topological polar surface area (TPSA) is 51.0 Å². The number of likely N-dealkylation sites (tertiary alicyclic amines) is 1. The Morgan fingerprint density at radius 2 is 1.93 bits per heavy atom. The second-order valence-corrected chi connectivity index (χ2v) is 6.89. The van der Waals surface area contributed by atoms with Gasteiger partial charge in [-0.2, -0.15) is 13.2 Å². The maximum Gasteiger partial charge on any atom is 0.416 e. The summed E-state index contributed by atoms with van der Waals surface area (Å²) in [6, 6.07) is 2.65. The number of rotatable bonds is 4. The van der Waals surface area contributed by atoms with Crippen LogP contribution in [0.25, 0.3) is 16.0 Å². The van der Waals surface area contributed by atoms with E-state index >= 15 is 0 Å². The Morgan fingerprint density at radius 3 is 2.50 bits per heavy atom. The molecule has 5 nitrogen and oxygen atoms in total. The molecule has 1 aliphatic rings. The number of hydrogen-bond acceptors (Lipinski definition) is 3. The van der Waals surface area contributed by atoms with Gasteiger partial charge in [0, 0.05) is 11.6 Å². The van der Waals surface area contributed by atoms with E-state index in [1.54, 1.807) is 0 Å². The van der Waals surface area contributed by atoms with Gasteiger partial charge in [-0.05, 0) is 39.7 Å². The lowest BCUT2D eigenvalue weighted by molar-refractivity contribution is -0.160. The largest absolute Gasteiger partial charge is 0.416 e. The highest BCUT2D eigenvalue weighted by molar-refractivity contribution is 9.14. The smallest absolute Gasteiger partial charge is 0.327 e. The Labute approximate surface area is 162 Å². The molecule has 0 spiro atoms. The summed E-state index contributed by atoms with van der Waals surface area (Å²) in [5.41, 5.74) is -1.29. The molecule has 28 heavy (non-hydrogen) atoms. The number of halogens is 7. The van der Waals surface area contributed by atoms with Crippen LogP contribution in [-0.4, -0.2) is 44.6 Å². The highest BCUT2D eigenvalue weighted by Crippen LogP contribution is 2.33. The Balaban J connectivity index is 1.84. The van der Waals surface area contributed by atoms with Crippen molar-refractivity contribution >= 4 is 26.4 Å². The van der Waals surface area contributed by atoms with Crippen molar-refractivity contribution in [1.82, 2.24) is 19.7 Å². The van der Waals surface area contributed by atoms with Gasteiger partial charge in [0.25, 0.3) is 5.92 Å². The fourth-order valence-electron chi connectivity index (χ4n) is 2.49. The van der Waals surface area contributed by atoms with E-state index in [1.165, 1.54) is 6.07 Å². The average Bonchev–Trinajstić information content (AvgIpc) is 3.08. The highest BCUT2D eigenvalue weighted by atomic mass is 79.9. The fourth-order valence-corrected chi connectivity index (χ4v) is 2.85. The molecule has 0 atom stereocenters. The van der Waals surface area contributed by atoms with Gasteiger partial charge in [-0.25, -0.2) is 22.8 Å². The van der Waals surface area contributed by atoms with Gasteiger partial charge in [-0.15, -0.1) is 5.10 Å². The molecule has 0 radical (unpaired) electrons. The molecule has 0 N–H and O–H groups in total. The Morgan fingerprint density at radius 1 is 1.25 bits per heavy atom. The van der Waals surface area contributed by atoms with Gasteiger partial charge < -0.3 is 4.90 Å². The molecule has 0 bridgehead atoms. The lowest BCUT2D eigenvalue weighted by atomic mass is 10.1. The third-order valence-corrected chi connectivity index (χ3v) is 4.43. The number of amides is 1.